The van der Waals surface area contributed by atoms with E-state index < -0.39 is 0 Å². The highest BCUT2D eigenvalue weighted by molar-refractivity contribution is 5.30. The van der Waals surface area contributed by atoms with Gasteiger partial charge in [0.15, 0.2) is 0 Å². The molecule has 17 heavy (non-hydrogen) atoms. The van der Waals surface area contributed by atoms with E-state index >= 15 is 0 Å². The molecule has 1 nitrogen and oxygen atoms in total. The molecule has 1 heteroatoms. The Morgan fingerprint density at radius 3 is 2.29 bits per heavy atom. The lowest BCUT2D eigenvalue weighted by atomic mass is 9.86. The number of piperidine rings is 1. The summed E-state index contributed by atoms with van der Waals surface area (Å²) in [5.74, 6) is 0.803. The normalized spacial score (nSPS) is 17.4. The summed E-state index contributed by atoms with van der Waals surface area (Å²) < 4.78 is 0. The molecule has 1 heterocycles. The van der Waals surface area contributed by atoms with E-state index in [0.717, 1.165) is 5.92 Å². The SMILES string of the molecule is CC.CCc1ccccc1C1CCN(C)CC1. The minimum absolute atomic E-state index is 0.803. The van der Waals surface area contributed by atoms with Gasteiger partial charge in [-0.1, -0.05) is 45.0 Å². The van der Waals surface area contributed by atoms with Crippen molar-refractivity contribution in [2.45, 2.75) is 46.0 Å². The highest BCUT2D eigenvalue weighted by Crippen LogP contribution is 2.29. The van der Waals surface area contributed by atoms with Crippen LogP contribution < -0.4 is 0 Å². The Bertz CT molecular complexity index is 311. The average molecular weight is 233 g/mol. The van der Waals surface area contributed by atoms with Gasteiger partial charge in [-0.3, -0.25) is 0 Å². The third kappa shape index (κ3) is 3.85. The lowest BCUT2D eigenvalue weighted by Gasteiger charge is -2.30. The Morgan fingerprint density at radius 2 is 1.71 bits per heavy atom. The van der Waals surface area contributed by atoms with Crippen LogP contribution in [-0.2, 0) is 6.42 Å². The summed E-state index contributed by atoms with van der Waals surface area (Å²) in [4.78, 5) is 2.44. The van der Waals surface area contributed by atoms with Gasteiger partial charge in [0.2, 0.25) is 0 Å². The van der Waals surface area contributed by atoms with Crippen LogP contribution in [-0.4, -0.2) is 25.0 Å². The van der Waals surface area contributed by atoms with Gasteiger partial charge >= 0.3 is 0 Å². The van der Waals surface area contributed by atoms with Gasteiger partial charge in [0, 0.05) is 0 Å². The van der Waals surface area contributed by atoms with Crippen molar-refractivity contribution in [2.75, 3.05) is 20.1 Å². The Morgan fingerprint density at radius 1 is 1.12 bits per heavy atom. The van der Waals surface area contributed by atoms with Crippen molar-refractivity contribution in [3.05, 3.63) is 35.4 Å². The Hall–Kier alpha value is -0.820. The van der Waals surface area contributed by atoms with Gasteiger partial charge in [-0.15, -0.1) is 0 Å². The molecule has 1 fully saturated rings. The number of rotatable bonds is 2. The molecule has 0 bridgehead atoms. The number of nitrogens with zero attached hydrogens (tertiary/aromatic N) is 1. The first kappa shape index (κ1) is 14.2. The van der Waals surface area contributed by atoms with E-state index in [2.05, 4.69) is 43.1 Å². The topological polar surface area (TPSA) is 3.24 Å². The van der Waals surface area contributed by atoms with Crippen LogP contribution in [0.1, 0.15) is 50.7 Å². The monoisotopic (exact) mass is 233 g/mol. The highest BCUT2D eigenvalue weighted by atomic mass is 15.1. The maximum atomic E-state index is 2.44. The number of hydrogen-bond acceptors (Lipinski definition) is 1. The molecule has 1 aliphatic heterocycles. The third-order valence-corrected chi connectivity index (χ3v) is 3.59. The lowest BCUT2D eigenvalue weighted by molar-refractivity contribution is 0.255. The zero-order valence-electron chi connectivity index (χ0n) is 11.9. The molecule has 2 rings (SSSR count). The van der Waals surface area contributed by atoms with Crippen molar-refractivity contribution in [3.8, 4) is 0 Å². The van der Waals surface area contributed by atoms with Gasteiger partial charge in [0.05, 0.1) is 0 Å². The fraction of sp³-hybridized carbons (Fsp3) is 0.625. The first-order chi connectivity index (χ1) is 8.31. The zero-order chi connectivity index (χ0) is 12.7. The molecule has 0 saturated carbocycles. The lowest BCUT2D eigenvalue weighted by Crippen LogP contribution is -2.29. The van der Waals surface area contributed by atoms with Crippen LogP contribution in [0.3, 0.4) is 0 Å². The number of benzene rings is 1. The molecule has 1 aromatic rings. The summed E-state index contributed by atoms with van der Waals surface area (Å²) in [6.07, 6.45) is 3.82. The van der Waals surface area contributed by atoms with Crippen molar-refractivity contribution in [2.24, 2.45) is 0 Å². The molecule has 0 spiro atoms. The van der Waals surface area contributed by atoms with Gasteiger partial charge in [-0.05, 0) is 56.4 Å². The minimum Gasteiger partial charge on any atom is -0.306 e. The molecule has 0 N–H and O–H groups in total. The van der Waals surface area contributed by atoms with Crippen LogP contribution in [0.4, 0.5) is 0 Å². The highest BCUT2D eigenvalue weighted by Gasteiger charge is 2.19. The fourth-order valence-corrected chi connectivity index (χ4v) is 2.57. The van der Waals surface area contributed by atoms with Gasteiger partial charge in [-0.25, -0.2) is 0 Å². The van der Waals surface area contributed by atoms with Crippen LogP contribution in [0.15, 0.2) is 24.3 Å². The molecule has 0 aliphatic carbocycles. The van der Waals surface area contributed by atoms with Crippen molar-refractivity contribution in [3.63, 3.8) is 0 Å². The predicted molar refractivity (Wildman–Crippen MR) is 76.6 cm³/mol. The molecule has 1 aromatic carbocycles. The molecule has 0 aromatic heterocycles. The van der Waals surface area contributed by atoms with E-state index in [1.54, 1.807) is 11.1 Å². The second-order valence-electron chi connectivity index (χ2n) is 4.63. The largest absolute Gasteiger partial charge is 0.306 e. The van der Waals surface area contributed by atoms with Crippen molar-refractivity contribution in [1.29, 1.82) is 0 Å². The summed E-state index contributed by atoms with van der Waals surface area (Å²) in [5, 5.41) is 0. The van der Waals surface area contributed by atoms with E-state index in [-0.39, 0.29) is 0 Å². The summed E-state index contributed by atoms with van der Waals surface area (Å²) in [6, 6.07) is 8.96. The molecule has 0 radical (unpaired) electrons. The Kier molecular flexibility index (Phi) is 6.28. The van der Waals surface area contributed by atoms with Gasteiger partial charge in [0.25, 0.3) is 0 Å². The second-order valence-corrected chi connectivity index (χ2v) is 4.63. The summed E-state index contributed by atoms with van der Waals surface area (Å²) in [7, 11) is 2.22. The van der Waals surface area contributed by atoms with E-state index in [1.807, 2.05) is 13.8 Å². The zero-order valence-corrected chi connectivity index (χ0v) is 11.9. The molecule has 1 aliphatic rings. The van der Waals surface area contributed by atoms with Crippen LogP contribution in [0.25, 0.3) is 0 Å². The maximum absolute atomic E-state index is 2.44. The van der Waals surface area contributed by atoms with Crippen LogP contribution >= 0.6 is 0 Å². The van der Waals surface area contributed by atoms with Crippen LogP contribution in [0, 0.1) is 0 Å². The summed E-state index contributed by atoms with van der Waals surface area (Å²) in [6.45, 7) is 8.76. The van der Waals surface area contributed by atoms with Crippen molar-refractivity contribution in [1.82, 2.24) is 4.90 Å². The fourth-order valence-electron chi connectivity index (χ4n) is 2.57. The first-order valence-corrected chi connectivity index (χ1v) is 7.07. The number of hydrogen-bond donors (Lipinski definition) is 0. The van der Waals surface area contributed by atoms with Crippen LogP contribution in [0.5, 0.6) is 0 Å². The summed E-state index contributed by atoms with van der Waals surface area (Å²) in [5.41, 5.74) is 3.15. The van der Waals surface area contributed by atoms with E-state index in [1.165, 1.54) is 32.4 Å². The third-order valence-electron chi connectivity index (χ3n) is 3.59. The Balaban J connectivity index is 0.000000686. The Labute approximate surface area is 107 Å². The number of likely N-dealkylation sites (tertiary alicyclic amines) is 1. The van der Waals surface area contributed by atoms with Gasteiger partial charge in [0.1, 0.15) is 0 Å². The van der Waals surface area contributed by atoms with Gasteiger partial charge in [-0.2, -0.15) is 0 Å². The molecule has 0 unspecified atom stereocenters. The molecule has 0 amide bonds. The smallest absolute Gasteiger partial charge is 0.00159 e. The van der Waals surface area contributed by atoms with Crippen molar-refractivity contribution < 1.29 is 0 Å². The standard InChI is InChI=1S/C14H21N.C2H6/c1-3-12-6-4-5-7-14(12)13-8-10-15(2)11-9-13;1-2/h4-7,13H,3,8-11H2,1-2H3;1-2H3. The minimum atomic E-state index is 0.803. The average Bonchev–Trinajstić information content (AvgIpc) is 2.42. The van der Waals surface area contributed by atoms with E-state index in [9.17, 15) is 0 Å². The predicted octanol–water partition coefficient (Wildman–Crippen LogP) is 4.08. The molecular formula is C16H27N. The summed E-state index contributed by atoms with van der Waals surface area (Å²) >= 11 is 0. The molecule has 0 atom stereocenters. The van der Waals surface area contributed by atoms with E-state index in [0.29, 0.717) is 0 Å². The van der Waals surface area contributed by atoms with Crippen molar-refractivity contribution >= 4 is 0 Å². The molecular weight excluding hydrogens is 206 g/mol. The molecule has 96 valence electrons. The van der Waals surface area contributed by atoms with Gasteiger partial charge < -0.3 is 4.90 Å². The quantitative estimate of drug-likeness (QED) is 0.744. The number of aryl methyl sites for hydroxylation is 1. The van der Waals surface area contributed by atoms with E-state index in [4.69, 9.17) is 0 Å². The van der Waals surface area contributed by atoms with Crippen LogP contribution in [0.2, 0.25) is 0 Å². The molecule has 1 saturated heterocycles. The maximum Gasteiger partial charge on any atom is -0.00159 e. The first-order valence-electron chi connectivity index (χ1n) is 7.07. The second kappa shape index (κ2) is 7.50.